The van der Waals surface area contributed by atoms with Crippen molar-refractivity contribution in [2.45, 2.75) is 37.3 Å². The topological polar surface area (TPSA) is 123 Å². The van der Waals surface area contributed by atoms with E-state index in [-0.39, 0.29) is 17.6 Å². The molecule has 2 amide bonds. The number of ether oxygens (including phenoxy) is 2. The number of likely N-dealkylation sites (tertiary alicyclic amines) is 1. The summed E-state index contributed by atoms with van der Waals surface area (Å²) in [6.45, 7) is 0. The van der Waals surface area contributed by atoms with Crippen molar-refractivity contribution in [1.29, 1.82) is 5.26 Å². The fourth-order valence-corrected chi connectivity index (χ4v) is 6.18. The maximum atomic E-state index is 14.5. The molecule has 2 fully saturated rings. The summed E-state index contributed by atoms with van der Waals surface area (Å²) in [4.78, 5) is 43.4. The molecule has 0 aromatic heterocycles. The Kier molecular flexibility index (Phi) is 8.00. The fraction of sp³-hybridized carbons (Fsp3) is 0.312. The minimum absolute atomic E-state index is 0.194. The zero-order valence-corrected chi connectivity index (χ0v) is 23.5. The average molecular weight is 572 g/mol. The summed E-state index contributed by atoms with van der Waals surface area (Å²) < 4.78 is 11.0. The first-order valence-corrected chi connectivity index (χ1v) is 13.8. The van der Waals surface area contributed by atoms with Crippen LogP contribution in [0.1, 0.15) is 58.3 Å². The first-order valence-electron chi connectivity index (χ1n) is 13.4. The van der Waals surface area contributed by atoms with Crippen LogP contribution < -0.4 is 15.2 Å². The lowest BCUT2D eigenvalue weighted by Gasteiger charge is -2.36. The number of nitriles is 1. The number of amides is 2. The maximum absolute atomic E-state index is 14.5. The highest BCUT2D eigenvalue weighted by molar-refractivity contribution is 6.30. The molecule has 1 aliphatic carbocycles. The van der Waals surface area contributed by atoms with Crippen LogP contribution in [0, 0.1) is 23.2 Å². The van der Waals surface area contributed by atoms with Crippen LogP contribution >= 0.6 is 11.6 Å². The molecule has 2 N–H and O–H groups in total. The Morgan fingerprint density at radius 1 is 0.927 bits per heavy atom. The summed E-state index contributed by atoms with van der Waals surface area (Å²) in [5, 5.41) is 9.79. The number of nitrogens with two attached hydrogens (primary N) is 1. The molecule has 1 heterocycles. The van der Waals surface area contributed by atoms with Crippen LogP contribution in [0.2, 0.25) is 5.02 Å². The van der Waals surface area contributed by atoms with Gasteiger partial charge in [0.2, 0.25) is 11.8 Å². The number of rotatable bonds is 8. The molecule has 5 rings (SSSR count). The molecule has 3 aromatic rings. The lowest BCUT2D eigenvalue weighted by Crippen LogP contribution is -2.49. The van der Waals surface area contributed by atoms with E-state index in [9.17, 15) is 19.6 Å². The van der Waals surface area contributed by atoms with E-state index in [1.165, 1.54) is 14.2 Å². The van der Waals surface area contributed by atoms with Gasteiger partial charge in [0.05, 0.1) is 37.8 Å². The van der Waals surface area contributed by atoms with Crippen LogP contribution in [0.4, 0.5) is 0 Å². The van der Waals surface area contributed by atoms with Gasteiger partial charge in [-0.15, -0.1) is 0 Å². The minimum Gasteiger partial charge on any atom is -0.493 e. The third kappa shape index (κ3) is 5.14. The van der Waals surface area contributed by atoms with Crippen LogP contribution in [-0.2, 0) is 9.59 Å². The van der Waals surface area contributed by atoms with Gasteiger partial charge in [-0.05, 0) is 60.4 Å². The van der Waals surface area contributed by atoms with E-state index in [1.807, 2.05) is 0 Å². The molecule has 210 valence electrons. The summed E-state index contributed by atoms with van der Waals surface area (Å²) in [6.07, 6.45) is 2.34. The van der Waals surface area contributed by atoms with E-state index in [1.54, 1.807) is 71.6 Å². The van der Waals surface area contributed by atoms with Gasteiger partial charge in [-0.2, -0.15) is 5.26 Å². The molecule has 3 aromatic carbocycles. The number of hydrogen-bond acceptors (Lipinski definition) is 6. The lowest BCUT2D eigenvalue weighted by molar-refractivity contribution is -0.145. The van der Waals surface area contributed by atoms with Crippen molar-refractivity contribution in [3.63, 3.8) is 0 Å². The summed E-state index contributed by atoms with van der Waals surface area (Å²) in [6, 6.07) is 18.7. The summed E-state index contributed by atoms with van der Waals surface area (Å²) in [7, 11) is 3.02. The number of primary amides is 1. The molecule has 4 unspecified atom stereocenters. The number of nitrogens with zero attached hydrogens (tertiary/aromatic N) is 2. The number of Topliss-reactive ketones (excluding diaryl/α,β-unsaturated/α-hetero) is 1. The van der Waals surface area contributed by atoms with Gasteiger partial charge in [0.25, 0.3) is 0 Å². The van der Waals surface area contributed by atoms with Gasteiger partial charge < -0.3 is 20.1 Å². The number of methoxy groups -OCH3 is 2. The molecule has 1 aliphatic heterocycles. The van der Waals surface area contributed by atoms with E-state index in [2.05, 4.69) is 6.07 Å². The molecule has 9 heteroatoms. The number of benzene rings is 3. The molecule has 1 saturated heterocycles. The predicted molar refractivity (Wildman–Crippen MR) is 153 cm³/mol. The van der Waals surface area contributed by atoms with E-state index >= 15 is 0 Å². The van der Waals surface area contributed by atoms with Gasteiger partial charge in [0.1, 0.15) is 6.04 Å². The fourth-order valence-electron chi connectivity index (χ4n) is 6.05. The molecule has 2 aliphatic rings. The molecule has 0 bridgehead atoms. The number of carbonyl (C=O) groups is 3. The Bertz CT molecular complexity index is 1510. The molecule has 0 radical (unpaired) electrons. The number of hydrogen-bond donors (Lipinski definition) is 1. The Morgan fingerprint density at radius 2 is 1.56 bits per heavy atom. The van der Waals surface area contributed by atoms with Crippen LogP contribution in [0.15, 0.2) is 66.7 Å². The molecule has 8 nitrogen and oxygen atoms in total. The minimum atomic E-state index is -1.10. The Labute approximate surface area is 243 Å². The Hall–Kier alpha value is -4.35. The highest BCUT2D eigenvalue weighted by Crippen LogP contribution is 2.53. The highest BCUT2D eigenvalue weighted by Gasteiger charge is 2.58. The smallest absolute Gasteiger partial charge is 0.240 e. The predicted octanol–water partition coefficient (Wildman–Crippen LogP) is 5.05. The second kappa shape index (κ2) is 11.6. The van der Waals surface area contributed by atoms with Crippen molar-refractivity contribution in [2.75, 3.05) is 14.2 Å². The number of carbonyl (C=O) groups excluding carboxylic acids is 3. The lowest BCUT2D eigenvalue weighted by atomic mass is 9.76. The summed E-state index contributed by atoms with van der Waals surface area (Å²) >= 11 is 6.21. The Morgan fingerprint density at radius 3 is 2.10 bits per heavy atom. The van der Waals surface area contributed by atoms with Crippen molar-refractivity contribution in [3.05, 3.63) is 94.0 Å². The number of halogens is 1. The van der Waals surface area contributed by atoms with Gasteiger partial charge in [-0.1, -0.05) is 48.4 Å². The second-order valence-corrected chi connectivity index (χ2v) is 10.9. The zero-order valence-electron chi connectivity index (χ0n) is 22.7. The third-order valence-electron chi connectivity index (χ3n) is 8.27. The third-order valence-corrected chi connectivity index (χ3v) is 8.52. The average Bonchev–Trinajstić information content (AvgIpc) is 3.32. The van der Waals surface area contributed by atoms with E-state index in [0.717, 1.165) is 6.42 Å². The van der Waals surface area contributed by atoms with Crippen molar-refractivity contribution < 1.29 is 23.9 Å². The van der Waals surface area contributed by atoms with Gasteiger partial charge in [-0.3, -0.25) is 14.4 Å². The molecular weight excluding hydrogens is 542 g/mol. The normalized spacial score (nSPS) is 22.0. The van der Waals surface area contributed by atoms with Crippen LogP contribution in [0.3, 0.4) is 0 Å². The standard InChI is InChI=1S/C32H30ClN3O5/c1-40-24-15-12-22(16-25(24)41-2)26-27(30(37)20-8-6-18(17-34)7-9-20)28(19-10-13-23(33)14-11-19)36(29(26)31(35)38)32(39)21-4-3-5-21/h6-16,21,26-29H,3-5H2,1-2H3,(H2,35,38). The maximum Gasteiger partial charge on any atom is 0.240 e. The molecule has 4 atom stereocenters. The highest BCUT2D eigenvalue weighted by atomic mass is 35.5. The number of ketones is 1. The summed E-state index contributed by atoms with van der Waals surface area (Å²) in [5.41, 5.74) is 8.14. The van der Waals surface area contributed by atoms with Crippen molar-refractivity contribution in [1.82, 2.24) is 4.90 Å². The first kappa shape index (κ1) is 28.2. The van der Waals surface area contributed by atoms with Crippen molar-refractivity contribution in [3.8, 4) is 17.6 Å². The van der Waals surface area contributed by atoms with Crippen LogP contribution in [0.25, 0.3) is 0 Å². The Balaban J connectivity index is 1.75. The molecule has 1 saturated carbocycles. The van der Waals surface area contributed by atoms with E-state index < -0.39 is 29.8 Å². The van der Waals surface area contributed by atoms with Gasteiger partial charge in [0.15, 0.2) is 17.3 Å². The quantitative estimate of drug-likeness (QED) is 0.377. The largest absolute Gasteiger partial charge is 0.493 e. The van der Waals surface area contributed by atoms with Crippen LogP contribution in [0.5, 0.6) is 11.5 Å². The van der Waals surface area contributed by atoms with Crippen molar-refractivity contribution >= 4 is 29.2 Å². The SMILES string of the molecule is COc1ccc(C2C(C(=O)c3ccc(C#N)cc3)C(c3ccc(Cl)cc3)N(C(=O)C3CCC3)C2C(N)=O)cc1OC. The molecule has 0 spiro atoms. The van der Waals surface area contributed by atoms with Crippen molar-refractivity contribution in [2.24, 2.45) is 17.6 Å². The first-order chi connectivity index (χ1) is 19.8. The summed E-state index contributed by atoms with van der Waals surface area (Å²) in [5.74, 6) is -2.19. The van der Waals surface area contributed by atoms with E-state index in [0.29, 0.717) is 51.6 Å². The molecular formula is C32H30ClN3O5. The monoisotopic (exact) mass is 571 g/mol. The second-order valence-electron chi connectivity index (χ2n) is 10.4. The van der Waals surface area contributed by atoms with Gasteiger partial charge >= 0.3 is 0 Å². The zero-order chi connectivity index (χ0) is 29.3. The van der Waals surface area contributed by atoms with Crippen LogP contribution in [-0.4, -0.2) is 42.8 Å². The molecule has 41 heavy (non-hydrogen) atoms. The van der Waals surface area contributed by atoms with Gasteiger partial charge in [-0.25, -0.2) is 0 Å². The van der Waals surface area contributed by atoms with E-state index in [4.69, 9.17) is 26.8 Å². The van der Waals surface area contributed by atoms with Gasteiger partial charge in [0, 0.05) is 22.4 Å².